The Hall–Kier alpha value is -3.22. The smallest absolute Gasteiger partial charge is 0.360 e. The van der Waals surface area contributed by atoms with Crippen molar-refractivity contribution in [3.63, 3.8) is 0 Å². The van der Waals surface area contributed by atoms with Gasteiger partial charge in [0.25, 0.3) is 5.91 Å². The molecule has 0 radical (unpaired) electrons. The summed E-state index contributed by atoms with van der Waals surface area (Å²) in [5.41, 5.74) is 6.28. The Labute approximate surface area is 130 Å². The third-order valence-corrected chi connectivity index (χ3v) is 3.32. The lowest BCUT2D eigenvalue weighted by atomic mass is 10.1. The lowest BCUT2D eigenvalue weighted by Gasteiger charge is -2.14. The van der Waals surface area contributed by atoms with Crippen LogP contribution in [0.4, 0.5) is 4.39 Å². The normalized spacial score (nSPS) is 12.0. The van der Waals surface area contributed by atoms with Crippen molar-refractivity contribution in [1.82, 2.24) is 10.2 Å². The Bertz CT molecular complexity index is 874. The van der Waals surface area contributed by atoms with E-state index >= 15 is 0 Å². The number of hydrogen-bond donors (Lipinski definition) is 2. The summed E-state index contributed by atoms with van der Waals surface area (Å²) in [6.07, 6.45) is -1.32. The van der Waals surface area contributed by atoms with Gasteiger partial charge in [0, 0.05) is 10.9 Å². The van der Waals surface area contributed by atoms with Crippen LogP contribution in [0.15, 0.2) is 48.5 Å². The first-order valence-electron chi connectivity index (χ1n) is 6.75. The van der Waals surface area contributed by atoms with E-state index in [1.165, 1.54) is 12.1 Å². The average Bonchev–Trinajstić information content (AvgIpc) is 2.97. The third-order valence-electron chi connectivity index (χ3n) is 3.32. The van der Waals surface area contributed by atoms with Crippen LogP contribution >= 0.6 is 0 Å². The number of fused-ring (bicyclic) bond motifs is 1. The molecule has 7 heteroatoms. The molecule has 0 aliphatic rings. The number of esters is 1. The zero-order valence-corrected chi connectivity index (χ0v) is 11.8. The Kier molecular flexibility index (Phi) is 3.76. The second kappa shape index (κ2) is 5.88. The number of nitrogens with one attached hydrogen (secondary N) is 1. The Morgan fingerprint density at radius 2 is 1.83 bits per heavy atom. The van der Waals surface area contributed by atoms with Crippen LogP contribution in [0.1, 0.15) is 22.2 Å². The standard InChI is InChI=1S/C16H12FN3O3/c17-10-7-5-9(6-8-10)14(15(18)21)23-16(22)13-11-3-1-2-4-12(11)19-20-13/h1-8,14H,(H2,18,21)(H,19,20)/t14-/m1/s1. The molecule has 1 atom stereocenters. The Morgan fingerprint density at radius 3 is 2.52 bits per heavy atom. The van der Waals surface area contributed by atoms with E-state index < -0.39 is 23.8 Å². The first-order chi connectivity index (χ1) is 11.1. The molecular formula is C16H12FN3O3. The molecule has 0 saturated carbocycles. The number of para-hydroxylation sites is 1. The maximum absolute atomic E-state index is 13.0. The van der Waals surface area contributed by atoms with E-state index in [0.29, 0.717) is 10.9 Å². The van der Waals surface area contributed by atoms with Crippen LogP contribution in [0.5, 0.6) is 0 Å². The van der Waals surface area contributed by atoms with Crippen LogP contribution in [0.3, 0.4) is 0 Å². The van der Waals surface area contributed by atoms with Gasteiger partial charge in [-0.25, -0.2) is 9.18 Å². The van der Waals surface area contributed by atoms with Gasteiger partial charge in [-0.1, -0.05) is 30.3 Å². The first kappa shape index (κ1) is 14.7. The topological polar surface area (TPSA) is 98.1 Å². The lowest BCUT2D eigenvalue weighted by Crippen LogP contribution is -2.26. The molecule has 0 spiro atoms. The van der Waals surface area contributed by atoms with Crippen molar-refractivity contribution in [3.8, 4) is 0 Å². The van der Waals surface area contributed by atoms with E-state index in [1.54, 1.807) is 24.3 Å². The van der Waals surface area contributed by atoms with Crippen LogP contribution in [0.25, 0.3) is 10.9 Å². The second-order valence-corrected chi connectivity index (χ2v) is 4.86. The molecule has 2 aromatic carbocycles. The van der Waals surface area contributed by atoms with Crippen LogP contribution < -0.4 is 5.73 Å². The summed E-state index contributed by atoms with van der Waals surface area (Å²) >= 11 is 0. The number of halogens is 1. The van der Waals surface area contributed by atoms with E-state index in [2.05, 4.69) is 10.2 Å². The molecule has 3 aromatic rings. The molecule has 0 saturated heterocycles. The number of aromatic amines is 1. The number of rotatable bonds is 4. The molecule has 3 rings (SSSR count). The highest BCUT2D eigenvalue weighted by Crippen LogP contribution is 2.22. The molecule has 3 N–H and O–H groups in total. The van der Waals surface area contributed by atoms with Crippen molar-refractivity contribution < 1.29 is 18.7 Å². The van der Waals surface area contributed by atoms with Gasteiger partial charge >= 0.3 is 5.97 Å². The summed E-state index contributed by atoms with van der Waals surface area (Å²) in [6, 6.07) is 12.0. The van der Waals surface area contributed by atoms with Gasteiger partial charge in [0.2, 0.25) is 6.10 Å². The fourth-order valence-electron chi connectivity index (χ4n) is 2.21. The van der Waals surface area contributed by atoms with E-state index in [1.807, 2.05) is 0 Å². The molecular weight excluding hydrogens is 301 g/mol. The van der Waals surface area contributed by atoms with Crippen molar-refractivity contribution in [2.75, 3.05) is 0 Å². The zero-order chi connectivity index (χ0) is 16.4. The molecule has 1 amide bonds. The fourth-order valence-corrected chi connectivity index (χ4v) is 2.21. The van der Waals surface area contributed by atoms with Gasteiger partial charge in [0.05, 0.1) is 5.52 Å². The summed E-state index contributed by atoms with van der Waals surface area (Å²) in [5, 5.41) is 7.18. The Morgan fingerprint density at radius 1 is 1.13 bits per heavy atom. The monoisotopic (exact) mass is 313 g/mol. The van der Waals surface area contributed by atoms with Crippen molar-refractivity contribution in [2.24, 2.45) is 5.73 Å². The minimum Gasteiger partial charge on any atom is -0.443 e. The average molecular weight is 313 g/mol. The van der Waals surface area contributed by atoms with Crippen molar-refractivity contribution >= 4 is 22.8 Å². The fraction of sp³-hybridized carbons (Fsp3) is 0.0625. The van der Waals surface area contributed by atoms with Gasteiger partial charge in [-0.15, -0.1) is 0 Å². The van der Waals surface area contributed by atoms with Gasteiger partial charge in [-0.3, -0.25) is 9.89 Å². The van der Waals surface area contributed by atoms with Crippen LogP contribution in [0, 0.1) is 5.82 Å². The molecule has 23 heavy (non-hydrogen) atoms. The van der Waals surface area contributed by atoms with Crippen molar-refractivity contribution in [1.29, 1.82) is 0 Å². The quantitative estimate of drug-likeness (QED) is 0.720. The van der Waals surface area contributed by atoms with E-state index in [4.69, 9.17) is 10.5 Å². The highest BCUT2D eigenvalue weighted by molar-refractivity contribution is 6.02. The van der Waals surface area contributed by atoms with Crippen molar-refractivity contribution in [2.45, 2.75) is 6.10 Å². The molecule has 116 valence electrons. The number of hydrogen-bond acceptors (Lipinski definition) is 4. The molecule has 6 nitrogen and oxygen atoms in total. The summed E-state index contributed by atoms with van der Waals surface area (Å²) in [7, 11) is 0. The minimum absolute atomic E-state index is 0.0500. The van der Waals surface area contributed by atoms with E-state index in [0.717, 1.165) is 12.1 Å². The second-order valence-electron chi connectivity index (χ2n) is 4.86. The highest BCUT2D eigenvalue weighted by Gasteiger charge is 2.25. The van der Waals surface area contributed by atoms with E-state index in [9.17, 15) is 14.0 Å². The number of H-pyrrole nitrogens is 1. The van der Waals surface area contributed by atoms with Gasteiger partial charge in [0.15, 0.2) is 5.69 Å². The number of primary amides is 1. The van der Waals surface area contributed by atoms with Gasteiger partial charge in [-0.2, -0.15) is 5.10 Å². The number of amides is 1. The number of ether oxygens (including phenoxy) is 1. The van der Waals surface area contributed by atoms with Crippen LogP contribution in [0.2, 0.25) is 0 Å². The largest absolute Gasteiger partial charge is 0.443 e. The van der Waals surface area contributed by atoms with Crippen molar-refractivity contribution in [3.05, 3.63) is 65.6 Å². The molecule has 0 bridgehead atoms. The predicted molar refractivity (Wildman–Crippen MR) is 79.8 cm³/mol. The highest BCUT2D eigenvalue weighted by atomic mass is 19.1. The number of aromatic nitrogens is 2. The zero-order valence-electron chi connectivity index (χ0n) is 11.8. The Balaban J connectivity index is 1.89. The van der Waals surface area contributed by atoms with Gasteiger partial charge in [-0.05, 0) is 18.2 Å². The SMILES string of the molecule is NC(=O)[C@H](OC(=O)c1n[nH]c2ccccc12)c1ccc(F)cc1. The predicted octanol–water partition coefficient (Wildman–Crippen LogP) is 2.09. The van der Waals surface area contributed by atoms with Gasteiger partial charge < -0.3 is 10.5 Å². The molecule has 1 aromatic heterocycles. The summed E-state index contributed by atoms with van der Waals surface area (Å²) in [5.74, 6) is -2.12. The van der Waals surface area contributed by atoms with Gasteiger partial charge in [0.1, 0.15) is 5.82 Å². The lowest BCUT2D eigenvalue weighted by molar-refractivity contribution is -0.127. The van der Waals surface area contributed by atoms with E-state index in [-0.39, 0.29) is 11.3 Å². The summed E-state index contributed by atoms with van der Waals surface area (Å²) in [6.45, 7) is 0. The first-order valence-corrected chi connectivity index (χ1v) is 6.75. The van der Waals surface area contributed by atoms with Crippen LogP contribution in [-0.2, 0) is 9.53 Å². The number of carbonyl (C=O) groups is 2. The molecule has 0 aliphatic carbocycles. The third kappa shape index (κ3) is 2.89. The molecule has 1 heterocycles. The summed E-state index contributed by atoms with van der Waals surface area (Å²) < 4.78 is 18.1. The molecule has 0 unspecified atom stereocenters. The number of nitrogens with zero attached hydrogens (tertiary/aromatic N) is 1. The number of nitrogens with two attached hydrogens (primary N) is 1. The minimum atomic E-state index is -1.32. The maximum Gasteiger partial charge on any atom is 0.360 e. The maximum atomic E-state index is 13.0. The summed E-state index contributed by atoms with van der Waals surface area (Å²) in [4.78, 5) is 23.9. The number of carbonyl (C=O) groups excluding carboxylic acids is 2. The molecule has 0 aliphatic heterocycles. The molecule has 0 fully saturated rings. The number of benzene rings is 2. The van der Waals surface area contributed by atoms with Crippen LogP contribution in [-0.4, -0.2) is 22.1 Å².